The molecule has 1 atom stereocenters. The van der Waals surface area contributed by atoms with Crippen LogP contribution in [0.5, 0.6) is 0 Å². The molecular weight excluding hydrogens is 401 g/mol. The van der Waals surface area contributed by atoms with Gasteiger partial charge in [-0.15, -0.1) is 11.3 Å². The Kier molecular flexibility index (Phi) is 5.87. The second-order valence-electron chi connectivity index (χ2n) is 7.12. The van der Waals surface area contributed by atoms with E-state index in [0.29, 0.717) is 13.1 Å². The Labute approximate surface area is 172 Å². The molecule has 0 bridgehead atoms. The van der Waals surface area contributed by atoms with Crippen molar-refractivity contribution in [1.29, 1.82) is 0 Å². The third kappa shape index (κ3) is 4.33. The number of urea groups is 1. The zero-order chi connectivity index (χ0) is 19.5. The number of nitrogens with zero attached hydrogens (tertiary/aromatic N) is 4. The van der Waals surface area contributed by atoms with Gasteiger partial charge in [-0.05, 0) is 31.0 Å². The van der Waals surface area contributed by atoms with Crippen molar-refractivity contribution in [3.63, 3.8) is 0 Å². The number of rotatable bonds is 3. The van der Waals surface area contributed by atoms with Crippen LogP contribution in [0.2, 0.25) is 5.02 Å². The van der Waals surface area contributed by atoms with Crippen LogP contribution in [0.15, 0.2) is 29.8 Å². The molecule has 4 rings (SSSR count). The summed E-state index contributed by atoms with van der Waals surface area (Å²) in [5.41, 5.74) is 0.799. The SMILES string of the molecule is O=C(NC1CCN(c2ccc(Cl)c(F)c2)C1)N1CCCN(c2nccs2)CC1. The third-order valence-electron chi connectivity index (χ3n) is 5.26. The van der Waals surface area contributed by atoms with Crippen molar-refractivity contribution < 1.29 is 9.18 Å². The monoisotopic (exact) mass is 423 g/mol. The van der Waals surface area contributed by atoms with Gasteiger partial charge in [0.2, 0.25) is 0 Å². The highest BCUT2D eigenvalue weighted by Crippen LogP contribution is 2.25. The lowest BCUT2D eigenvalue weighted by Gasteiger charge is -2.24. The van der Waals surface area contributed by atoms with Gasteiger partial charge in [-0.25, -0.2) is 14.2 Å². The molecule has 1 N–H and O–H groups in total. The molecule has 9 heteroatoms. The van der Waals surface area contributed by atoms with E-state index < -0.39 is 5.82 Å². The average molecular weight is 424 g/mol. The average Bonchev–Trinajstić information content (AvgIpc) is 3.32. The second kappa shape index (κ2) is 8.53. The quantitative estimate of drug-likeness (QED) is 0.821. The number of nitrogens with one attached hydrogen (secondary N) is 1. The second-order valence-corrected chi connectivity index (χ2v) is 8.40. The Morgan fingerprint density at radius 1 is 1.21 bits per heavy atom. The first kappa shape index (κ1) is 19.3. The molecule has 0 saturated carbocycles. The molecule has 3 heterocycles. The fraction of sp³-hybridized carbons (Fsp3) is 0.474. The topological polar surface area (TPSA) is 51.7 Å². The highest BCUT2D eigenvalue weighted by molar-refractivity contribution is 7.13. The summed E-state index contributed by atoms with van der Waals surface area (Å²) in [6.45, 7) is 4.59. The van der Waals surface area contributed by atoms with E-state index in [2.05, 4.69) is 20.1 Å². The number of anilines is 2. The predicted octanol–water partition coefficient (Wildman–Crippen LogP) is 3.44. The van der Waals surface area contributed by atoms with Crippen molar-refractivity contribution in [2.24, 2.45) is 0 Å². The zero-order valence-electron chi connectivity index (χ0n) is 15.5. The largest absolute Gasteiger partial charge is 0.369 e. The highest BCUT2D eigenvalue weighted by Gasteiger charge is 2.27. The van der Waals surface area contributed by atoms with Crippen molar-refractivity contribution >= 4 is 39.8 Å². The predicted molar refractivity (Wildman–Crippen MR) is 111 cm³/mol. The number of halogens is 2. The van der Waals surface area contributed by atoms with E-state index in [1.54, 1.807) is 17.4 Å². The number of carbonyl (C=O) groups is 1. The van der Waals surface area contributed by atoms with Crippen LogP contribution in [0.4, 0.5) is 20.0 Å². The number of benzene rings is 1. The molecule has 2 saturated heterocycles. The van der Waals surface area contributed by atoms with Crippen LogP contribution in [0.3, 0.4) is 0 Å². The molecule has 28 heavy (non-hydrogen) atoms. The van der Waals surface area contributed by atoms with Crippen molar-refractivity contribution in [1.82, 2.24) is 15.2 Å². The molecule has 2 fully saturated rings. The van der Waals surface area contributed by atoms with E-state index >= 15 is 0 Å². The first-order chi connectivity index (χ1) is 13.6. The summed E-state index contributed by atoms with van der Waals surface area (Å²) in [4.78, 5) is 23.3. The molecule has 1 aromatic carbocycles. The van der Waals surface area contributed by atoms with Crippen LogP contribution < -0.4 is 15.1 Å². The van der Waals surface area contributed by atoms with E-state index in [1.807, 2.05) is 22.5 Å². The maximum absolute atomic E-state index is 13.7. The molecule has 6 nitrogen and oxygen atoms in total. The molecule has 1 unspecified atom stereocenters. The number of hydrogen-bond donors (Lipinski definition) is 1. The Morgan fingerprint density at radius 3 is 2.89 bits per heavy atom. The first-order valence-corrected chi connectivity index (χ1v) is 10.8. The van der Waals surface area contributed by atoms with Gasteiger partial charge < -0.3 is 20.0 Å². The molecule has 2 aromatic rings. The van der Waals surface area contributed by atoms with Gasteiger partial charge in [-0.1, -0.05) is 11.6 Å². The van der Waals surface area contributed by atoms with Gasteiger partial charge in [0.15, 0.2) is 5.13 Å². The van der Waals surface area contributed by atoms with Gasteiger partial charge in [-0.3, -0.25) is 0 Å². The van der Waals surface area contributed by atoms with Crippen molar-refractivity contribution in [2.45, 2.75) is 18.9 Å². The lowest BCUT2D eigenvalue weighted by Crippen LogP contribution is -2.47. The van der Waals surface area contributed by atoms with E-state index in [-0.39, 0.29) is 17.1 Å². The molecule has 150 valence electrons. The number of aromatic nitrogens is 1. The summed E-state index contributed by atoms with van der Waals surface area (Å²) in [6, 6.07) is 4.88. The third-order valence-corrected chi connectivity index (χ3v) is 6.40. The summed E-state index contributed by atoms with van der Waals surface area (Å²) in [6.07, 6.45) is 3.58. The number of thiazole rings is 1. The Morgan fingerprint density at radius 2 is 2.11 bits per heavy atom. The Balaban J connectivity index is 1.30. The molecule has 2 amide bonds. The zero-order valence-corrected chi connectivity index (χ0v) is 17.1. The summed E-state index contributed by atoms with van der Waals surface area (Å²) in [5.74, 6) is -0.416. The van der Waals surface area contributed by atoms with E-state index in [0.717, 1.165) is 49.8 Å². The summed E-state index contributed by atoms with van der Waals surface area (Å²) < 4.78 is 13.7. The van der Waals surface area contributed by atoms with Crippen molar-refractivity contribution in [3.05, 3.63) is 40.6 Å². The lowest BCUT2D eigenvalue weighted by molar-refractivity contribution is 0.198. The number of carbonyl (C=O) groups excluding carboxylic acids is 1. The van der Waals surface area contributed by atoms with Crippen LogP contribution >= 0.6 is 22.9 Å². The van der Waals surface area contributed by atoms with Gasteiger partial charge in [0, 0.05) is 62.6 Å². The van der Waals surface area contributed by atoms with E-state index in [4.69, 9.17) is 11.6 Å². The fourth-order valence-corrected chi connectivity index (χ4v) is 4.56. The van der Waals surface area contributed by atoms with Crippen LogP contribution in [0.1, 0.15) is 12.8 Å². The number of hydrogen-bond acceptors (Lipinski definition) is 5. The maximum atomic E-state index is 13.7. The standard InChI is InChI=1S/C19H23ClFN5OS/c20-16-3-2-15(12-17(16)21)26-8-4-14(13-26)23-18(27)24-6-1-7-25(10-9-24)19-22-5-11-28-19/h2-3,5,11-12,14H,1,4,6-10,13H2,(H,23,27). The molecule has 2 aliphatic heterocycles. The normalized spacial score (nSPS) is 20.4. The van der Waals surface area contributed by atoms with Gasteiger partial charge in [0.05, 0.1) is 5.02 Å². The van der Waals surface area contributed by atoms with E-state index in [9.17, 15) is 9.18 Å². The molecular formula is C19H23ClFN5OS. The summed E-state index contributed by atoms with van der Waals surface area (Å²) in [5, 5.41) is 6.26. The minimum atomic E-state index is -0.416. The molecule has 1 aromatic heterocycles. The van der Waals surface area contributed by atoms with Crippen LogP contribution in [-0.4, -0.2) is 61.2 Å². The van der Waals surface area contributed by atoms with E-state index in [1.165, 1.54) is 6.07 Å². The Hall–Kier alpha value is -2.06. The minimum absolute atomic E-state index is 0.0184. The molecule has 2 aliphatic rings. The van der Waals surface area contributed by atoms with Crippen molar-refractivity contribution in [3.8, 4) is 0 Å². The number of amides is 2. The van der Waals surface area contributed by atoms with Gasteiger partial charge in [-0.2, -0.15) is 0 Å². The highest BCUT2D eigenvalue weighted by atomic mass is 35.5. The fourth-order valence-electron chi connectivity index (χ4n) is 3.74. The minimum Gasteiger partial charge on any atom is -0.369 e. The Bertz CT molecular complexity index is 821. The van der Waals surface area contributed by atoms with Gasteiger partial charge >= 0.3 is 6.03 Å². The molecule has 0 aliphatic carbocycles. The van der Waals surface area contributed by atoms with Crippen LogP contribution in [-0.2, 0) is 0 Å². The maximum Gasteiger partial charge on any atom is 0.317 e. The molecule has 0 spiro atoms. The van der Waals surface area contributed by atoms with Gasteiger partial charge in [0.1, 0.15) is 5.82 Å². The summed E-state index contributed by atoms with van der Waals surface area (Å²) >= 11 is 7.39. The first-order valence-electron chi connectivity index (χ1n) is 9.50. The lowest BCUT2D eigenvalue weighted by atomic mass is 10.2. The van der Waals surface area contributed by atoms with Gasteiger partial charge in [0.25, 0.3) is 0 Å². The summed E-state index contributed by atoms with van der Waals surface area (Å²) in [7, 11) is 0. The van der Waals surface area contributed by atoms with Crippen LogP contribution in [0.25, 0.3) is 0 Å². The molecule has 0 radical (unpaired) electrons. The smallest absolute Gasteiger partial charge is 0.317 e. The van der Waals surface area contributed by atoms with Crippen LogP contribution in [0, 0.1) is 5.82 Å². The van der Waals surface area contributed by atoms with Crippen molar-refractivity contribution in [2.75, 3.05) is 49.1 Å².